The second kappa shape index (κ2) is 10.5. The summed E-state index contributed by atoms with van der Waals surface area (Å²) in [5, 5.41) is 5.41. The van der Waals surface area contributed by atoms with Crippen molar-refractivity contribution in [2.24, 2.45) is 0 Å². The lowest BCUT2D eigenvalue weighted by Crippen LogP contribution is -2.34. The van der Waals surface area contributed by atoms with Crippen LogP contribution in [0.1, 0.15) is 41.5 Å². The summed E-state index contributed by atoms with van der Waals surface area (Å²) in [7, 11) is 4.00. The second-order valence-corrected chi connectivity index (χ2v) is 7.66. The van der Waals surface area contributed by atoms with Crippen molar-refractivity contribution >= 4 is 28.8 Å². The zero-order valence-corrected chi connectivity index (χ0v) is 17.8. The minimum atomic E-state index is -0.191. The molecule has 5 nitrogen and oxygen atoms in total. The van der Waals surface area contributed by atoms with Crippen LogP contribution in [0.5, 0.6) is 11.5 Å². The van der Waals surface area contributed by atoms with Crippen LogP contribution in [0.15, 0.2) is 29.6 Å². The van der Waals surface area contributed by atoms with Crippen molar-refractivity contribution in [2.45, 2.75) is 26.3 Å². The van der Waals surface area contributed by atoms with E-state index in [0.717, 1.165) is 6.42 Å². The third kappa shape index (κ3) is 5.86. The van der Waals surface area contributed by atoms with E-state index < -0.39 is 0 Å². The molecule has 27 heavy (non-hydrogen) atoms. The van der Waals surface area contributed by atoms with Gasteiger partial charge in [-0.25, -0.2) is 0 Å². The van der Waals surface area contributed by atoms with E-state index in [1.807, 2.05) is 39.4 Å². The van der Waals surface area contributed by atoms with E-state index in [-0.39, 0.29) is 11.9 Å². The van der Waals surface area contributed by atoms with Crippen LogP contribution >= 0.6 is 22.9 Å². The molecule has 0 saturated heterocycles. The van der Waals surface area contributed by atoms with Crippen LogP contribution in [0, 0.1) is 0 Å². The predicted molar refractivity (Wildman–Crippen MR) is 111 cm³/mol. The smallest absolute Gasteiger partial charge is 0.251 e. The van der Waals surface area contributed by atoms with E-state index in [1.165, 1.54) is 4.88 Å². The molecule has 0 saturated carbocycles. The zero-order valence-electron chi connectivity index (χ0n) is 16.3. The van der Waals surface area contributed by atoms with Crippen molar-refractivity contribution in [1.82, 2.24) is 10.2 Å². The van der Waals surface area contributed by atoms with Gasteiger partial charge in [-0.3, -0.25) is 4.79 Å². The lowest BCUT2D eigenvalue weighted by molar-refractivity contribution is 0.0941. The minimum absolute atomic E-state index is 0.114. The zero-order chi connectivity index (χ0) is 19.8. The summed E-state index contributed by atoms with van der Waals surface area (Å²) in [5.74, 6) is 0.788. The van der Waals surface area contributed by atoms with Gasteiger partial charge in [-0.15, -0.1) is 11.3 Å². The standard InChI is InChI=1S/C20H27ClN2O3S/c1-5-9-26-19-15(21)11-14(12-17(19)25-6-2)20(24)22-13-16(23(3)4)18-8-7-10-27-18/h7-8,10-12,16H,5-6,9,13H2,1-4H3,(H,22,24). The van der Waals surface area contributed by atoms with E-state index in [0.29, 0.717) is 41.8 Å². The van der Waals surface area contributed by atoms with Crippen LogP contribution in [0.3, 0.4) is 0 Å². The number of thiophene rings is 1. The summed E-state index contributed by atoms with van der Waals surface area (Å²) >= 11 is 8.03. The Kier molecular flexibility index (Phi) is 8.41. The average molecular weight is 411 g/mol. The van der Waals surface area contributed by atoms with Gasteiger partial charge < -0.3 is 19.7 Å². The molecule has 1 unspecified atom stereocenters. The summed E-state index contributed by atoms with van der Waals surface area (Å²) in [6, 6.07) is 7.52. The maximum atomic E-state index is 12.7. The number of carbonyl (C=O) groups excluding carboxylic acids is 1. The lowest BCUT2D eigenvalue weighted by atomic mass is 10.1. The van der Waals surface area contributed by atoms with E-state index in [4.69, 9.17) is 21.1 Å². The van der Waals surface area contributed by atoms with Gasteiger partial charge in [0.25, 0.3) is 5.91 Å². The highest BCUT2D eigenvalue weighted by atomic mass is 35.5. The first-order valence-corrected chi connectivity index (χ1v) is 10.3. The maximum Gasteiger partial charge on any atom is 0.251 e. The molecule has 1 heterocycles. The molecule has 1 aromatic heterocycles. The number of hydrogen-bond acceptors (Lipinski definition) is 5. The number of rotatable bonds is 10. The molecular weight excluding hydrogens is 384 g/mol. The summed E-state index contributed by atoms with van der Waals surface area (Å²) < 4.78 is 11.3. The molecular formula is C20H27ClN2O3S. The van der Waals surface area contributed by atoms with Gasteiger partial charge in [0.1, 0.15) is 0 Å². The van der Waals surface area contributed by atoms with Crippen molar-refractivity contribution in [3.05, 3.63) is 45.1 Å². The van der Waals surface area contributed by atoms with Crippen molar-refractivity contribution in [3.63, 3.8) is 0 Å². The van der Waals surface area contributed by atoms with Gasteiger partial charge in [0.15, 0.2) is 11.5 Å². The summed E-state index contributed by atoms with van der Waals surface area (Å²) in [5.41, 5.74) is 0.455. The molecule has 0 radical (unpaired) electrons. The molecule has 1 aromatic carbocycles. The monoisotopic (exact) mass is 410 g/mol. The number of halogens is 1. The molecule has 0 aliphatic carbocycles. The van der Waals surface area contributed by atoms with Crippen LogP contribution < -0.4 is 14.8 Å². The molecule has 1 N–H and O–H groups in total. The van der Waals surface area contributed by atoms with Crippen LogP contribution in [0.2, 0.25) is 5.02 Å². The van der Waals surface area contributed by atoms with Gasteiger partial charge in [-0.2, -0.15) is 0 Å². The summed E-state index contributed by atoms with van der Waals surface area (Å²) in [4.78, 5) is 16.0. The second-order valence-electron chi connectivity index (χ2n) is 6.27. The van der Waals surface area contributed by atoms with E-state index >= 15 is 0 Å². The molecule has 1 atom stereocenters. The van der Waals surface area contributed by atoms with Crippen molar-refractivity contribution in [2.75, 3.05) is 33.9 Å². The number of carbonyl (C=O) groups is 1. The SMILES string of the molecule is CCCOc1c(Cl)cc(C(=O)NCC(c2cccs2)N(C)C)cc1OCC. The minimum Gasteiger partial charge on any atom is -0.490 e. The Balaban J connectivity index is 2.15. The Bertz CT molecular complexity index is 735. The molecule has 0 spiro atoms. The van der Waals surface area contributed by atoms with Crippen molar-refractivity contribution in [1.29, 1.82) is 0 Å². The number of benzene rings is 1. The Morgan fingerprint density at radius 3 is 2.67 bits per heavy atom. The van der Waals surface area contributed by atoms with Crippen LogP contribution in [0.4, 0.5) is 0 Å². The lowest BCUT2D eigenvalue weighted by Gasteiger charge is -2.23. The first-order valence-electron chi connectivity index (χ1n) is 9.05. The molecule has 0 aliphatic heterocycles. The molecule has 148 valence electrons. The largest absolute Gasteiger partial charge is 0.490 e. The highest BCUT2D eigenvalue weighted by Crippen LogP contribution is 2.37. The topological polar surface area (TPSA) is 50.8 Å². The Labute approximate surface area is 170 Å². The van der Waals surface area contributed by atoms with Gasteiger partial charge in [0.2, 0.25) is 0 Å². The molecule has 7 heteroatoms. The fourth-order valence-corrected chi connectivity index (χ4v) is 3.80. The third-order valence-electron chi connectivity index (χ3n) is 3.97. The number of likely N-dealkylation sites (N-methyl/N-ethyl adjacent to an activating group) is 1. The summed E-state index contributed by atoms with van der Waals surface area (Å²) in [6.07, 6.45) is 0.860. The highest BCUT2D eigenvalue weighted by Gasteiger charge is 2.19. The van der Waals surface area contributed by atoms with Gasteiger partial charge >= 0.3 is 0 Å². The average Bonchev–Trinajstić information content (AvgIpc) is 3.15. The number of nitrogens with one attached hydrogen (secondary N) is 1. The van der Waals surface area contributed by atoms with Crippen LogP contribution in [-0.4, -0.2) is 44.7 Å². The van der Waals surface area contributed by atoms with Gasteiger partial charge in [0.05, 0.1) is 24.3 Å². The number of nitrogens with zero attached hydrogens (tertiary/aromatic N) is 1. The van der Waals surface area contributed by atoms with Crippen molar-refractivity contribution in [3.8, 4) is 11.5 Å². The third-order valence-corrected chi connectivity index (χ3v) is 5.23. The van der Waals surface area contributed by atoms with E-state index in [1.54, 1.807) is 23.5 Å². The molecule has 2 aromatic rings. The van der Waals surface area contributed by atoms with Crippen LogP contribution in [0.25, 0.3) is 0 Å². The fourth-order valence-electron chi connectivity index (χ4n) is 2.62. The quantitative estimate of drug-likeness (QED) is 0.620. The predicted octanol–water partition coefficient (Wildman–Crippen LogP) is 4.62. The van der Waals surface area contributed by atoms with Gasteiger partial charge in [0, 0.05) is 17.0 Å². The number of hydrogen-bond donors (Lipinski definition) is 1. The maximum absolute atomic E-state index is 12.7. The van der Waals surface area contributed by atoms with Gasteiger partial charge in [-0.05, 0) is 51.0 Å². The molecule has 2 rings (SSSR count). The number of amides is 1. The first-order chi connectivity index (χ1) is 13.0. The van der Waals surface area contributed by atoms with E-state index in [9.17, 15) is 4.79 Å². The fraction of sp³-hybridized carbons (Fsp3) is 0.450. The first kappa shape index (κ1) is 21.5. The van der Waals surface area contributed by atoms with E-state index in [2.05, 4.69) is 16.3 Å². The molecule has 0 bridgehead atoms. The molecule has 0 fully saturated rings. The Morgan fingerprint density at radius 2 is 2.07 bits per heavy atom. The van der Waals surface area contributed by atoms with Gasteiger partial charge in [-0.1, -0.05) is 24.6 Å². The van der Waals surface area contributed by atoms with Crippen molar-refractivity contribution < 1.29 is 14.3 Å². The Hall–Kier alpha value is -1.76. The van der Waals surface area contributed by atoms with Crippen LogP contribution in [-0.2, 0) is 0 Å². The summed E-state index contributed by atoms with van der Waals surface area (Å²) in [6.45, 7) is 5.40. The molecule has 1 amide bonds. The highest BCUT2D eigenvalue weighted by molar-refractivity contribution is 7.10. The molecule has 0 aliphatic rings. The Morgan fingerprint density at radius 1 is 1.30 bits per heavy atom. The normalized spacial score (nSPS) is 12.1. The number of ether oxygens (including phenoxy) is 2.